The van der Waals surface area contributed by atoms with Gasteiger partial charge in [-0.25, -0.2) is 4.98 Å². The Morgan fingerprint density at radius 3 is 2.96 bits per heavy atom. The van der Waals surface area contributed by atoms with Crippen LogP contribution in [-0.4, -0.2) is 33.9 Å². The molecule has 24 heavy (non-hydrogen) atoms. The van der Waals surface area contributed by atoms with Crippen LogP contribution in [0.15, 0.2) is 54.9 Å². The molecule has 0 radical (unpaired) electrons. The Kier molecular flexibility index (Phi) is 4.03. The first kappa shape index (κ1) is 14.9. The lowest BCUT2D eigenvalue weighted by Crippen LogP contribution is -2.28. The van der Waals surface area contributed by atoms with E-state index in [1.165, 1.54) is 11.1 Å². The lowest BCUT2D eigenvalue weighted by molar-refractivity contribution is -0.130. The Hall–Kier alpha value is -2.62. The maximum Gasteiger partial charge on any atom is 0.222 e. The van der Waals surface area contributed by atoms with E-state index in [1.807, 2.05) is 17.0 Å². The second kappa shape index (κ2) is 6.48. The van der Waals surface area contributed by atoms with Crippen molar-refractivity contribution in [2.75, 3.05) is 13.1 Å². The van der Waals surface area contributed by atoms with Crippen molar-refractivity contribution in [3.8, 4) is 0 Å². The number of hydrogen-bond acceptors (Lipinski definition) is 2. The number of fused-ring (bicyclic) bond motifs is 1. The zero-order chi connectivity index (χ0) is 16.4. The van der Waals surface area contributed by atoms with E-state index < -0.39 is 0 Å². The predicted molar refractivity (Wildman–Crippen MR) is 94.8 cm³/mol. The van der Waals surface area contributed by atoms with Crippen LogP contribution in [0.25, 0.3) is 11.0 Å². The van der Waals surface area contributed by atoms with Crippen LogP contribution >= 0.6 is 0 Å². The second-order valence-corrected chi connectivity index (χ2v) is 6.49. The van der Waals surface area contributed by atoms with Crippen LogP contribution in [0.2, 0.25) is 0 Å². The molecule has 1 unspecified atom stereocenters. The number of imidazole rings is 1. The number of nitrogens with one attached hydrogen (secondary N) is 1. The third-order valence-electron chi connectivity index (χ3n) is 4.92. The first-order valence-corrected chi connectivity index (χ1v) is 8.54. The lowest BCUT2D eigenvalue weighted by Gasteiger charge is -2.17. The van der Waals surface area contributed by atoms with Gasteiger partial charge in [-0.2, -0.15) is 0 Å². The van der Waals surface area contributed by atoms with Gasteiger partial charge >= 0.3 is 0 Å². The molecule has 1 aliphatic rings. The minimum atomic E-state index is 0.262. The van der Waals surface area contributed by atoms with Gasteiger partial charge in [-0.3, -0.25) is 4.79 Å². The standard InChI is InChI=1S/C20H21N3O/c24-20(9-7-15-6-8-18-19(12-15)22-14-21-18)23-11-10-17(13-23)16-4-2-1-3-5-16/h1-6,8,12,14,17H,7,9-11,13H2,(H,21,22). The zero-order valence-corrected chi connectivity index (χ0v) is 13.6. The van der Waals surface area contributed by atoms with Gasteiger partial charge in [-0.15, -0.1) is 0 Å². The maximum absolute atomic E-state index is 12.5. The molecule has 1 N–H and O–H groups in total. The average Bonchev–Trinajstić information content (AvgIpc) is 3.29. The van der Waals surface area contributed by atoms with E-state index in [1.54, 1.807) is 6.33 Å². The molecule has 0 aliphatic carbocycles. The Bertz CT molecular complexity index is 840. The summed E-state index contributed by atoms with van der Waals surface area (Å²) < 4.78 is 0. The summed E-state index contributed by atoms with van der Waals surface area (Å²) in [5.41, 5.74) is 4.52. The number of benzene rings is 2. The molecule has 3 aromatic rings. The molecule has 1 fully saturated rings. The van der Waals surface area contributed by atoms with Gasteiger partial charge in [0.2, 0.25) is 5.91 Å². The van der Waals surface area contributed by atoms with E-state index in [0.29, 0.717) is 12.3 Å². The van der Waals surface area contributed by atoms with Crippen molar-refractivity contribution >= 4 is 16.9 Å². The van der Waals surface area contributed by atoms with Crippen molar-refractivity contribution in [3.63, 3.8) is 0 Å². The third kappa shape index (κ3) is 3.04. The SMILES string of the molecule is O=C(CCc1ccc2nc[nH]c2c1)N1CCC(c2ccccc2)C1. The molecule has 0 saturated carbocycles. The molecule has 2 aromatic carbocycles. The molecule has 122 valence electrons. The number of carbonyl (C=O) groups excluding carboxylic acids is 1. The van der Waals surface area contributed by atoms with Crippen LogP contribution in [0.1, 0.15) is 29.9 Å². The fourth-order valence-electron chi connectivity index (χ4n) is 3.53. The van der Waals surface area contributed by atoms with Gasteiger partial charge in [0.25, 0.3) is 0 Å². The number of H-pyrrole nitrogens is 1. The fourth-order valence-corrected chi connectivity index (χ4v) is 3.53. The fraction of sp³-hybridized carbons (Fsp3) is 0.300. The number of hydrogen-bond donors (Lipinski definition) is 1. The smallest absolute Gasteiger partial charge is 0.222 e. The summed E-state index contributed by atoms with van der Waals surface area (Å²) in [6.07, 6.45) is 4.12. The van der Waals surface area contributed by atoms with Crippen molar-refractivity contribution in [2.45, 2.75) is 25.2 Å². The van der Waals surface area contributed by atoms with Crippen LogP contribution in [0.4, 0.5) is 0 Å². The highest BCUT2D eigenvalue weighted by atomic mass is 16.2. The van der Waals surface area contributed by atoms with Gasteiger partial charge in [-0.05, 0) is 36.1 Å². The van der Waals surface area contributed by atoms with Crippen LogP contribution in [0.3, 0.4) is 0 Å². The van der Waals surface area contributed by atoms with Gasteiger partial charge in [0.15, 0.2) is 0 Å². The van der Waals surface area contributed by atoms with Crippen LogP contribution in [0, 0.1) is 0 Å². The van der Waals surface area contributed by atoms with E-state index >= 15 is 0 Å². The number of carbonyl (C=O) groups is 1. The Morgan fingerprint density at radius 1 is 1.21 bits per heavy atom. The topological polar surface area (TPSA) is 49.0 Å². The van der Waals surface area contributed by atoms with Crippen LogP contribution < -0.4 is 0 Å². The van der Waals surface area contributed by atoms with Crippen molar-refractivity contribution < 1.29 is 4.79 Å². The number of amides is 1. The summed E-state index contributed by atoms with van der Waals surface area (Å²) in [4.78, 5) is 21.9. The van der Waals surface area contributed by atoms with Crippen molar-refractivity contribution in [2.24, 2.45) is 0 Å². The van der Waals surface area contributed by atoms with Gasteiger partial charge in [0.1, 0.15) is 0 Å². The molecule has 1 amide bonds. The third-order valence-corrected chi connectivity index (χ3v) is 4.92. The number of aromatic nitrogens is 2. The number of likely N-dealkylation sites (tertiary alicyclic amines) is 1. The number of aryl methyl sites for hydroxylation is 1. The van der Waals surface area contributed by atoms with E-state index in [2.05, 4.69) is 46.4 Å². The first-order valence-electron chi connectivity index (χ1n) is 8.54. The summed E-state index contributed by atoms with van der Waals surface area (Å²) in [7, 11) is 0. The number of nitrogens with zero attached hydrogens (tertiary/aromatic N) is 2. The summed E-state index contributed by atoms with van der Waals surface area (Å²) in [5, 5.41) is 0. The Morgan fingerprint density at radius 2 is 2.08 bits per heavy atom. The molecule has 2 heterocycles. The van der Waals surface area contributed by atoms with Gasteiger partial charge in [0, 0.05) is 25.4 Å². The molecular formula is C20H21N3O. The summed E-state index contributed by atoms with van der Waals surface area (Å²) in [6.45, 7) is 1.72. The molecule has 4 nitrogen and oxygen atoms in total. The average molecular weight is 319 g/mol. The predicted octanol–water partition coefficient (Wildman–Crippen LogP) is 3.51. The molecule has 1 saturated heterocycles. The van der Waals surface area contributed by atoms with E-state index in [0.717, 1.165) is 37.0 Å². The highest BCUT2D eigenvalue weighted by Gasteiger charge is 2.26. The zero-order valence-electron chi connectivity index (χ0n) is 13.6. The Labute approximate surface area is 141 Å². The highest BCUT2D eigenvalue weighted by Crippen LogP contribution is 2.27. The van der Waals surface area contributed by atoms with E-state index in [9.17, 15) is 4.79 Å². The molecule has 1 atom stereocenters. The number of rotatable bonds is 4. The quantitative estimate of drug-likeness (QED) is 0.800. The Balaban J connectivity index is 1.35. The van der Waals surface area contributed by atoms with Crippen molar-refractivity contribution in [1.29, 1.82) is 0 Å². The van der Waals surface area contributed by atoms with Gasteiger partial charge in [0.05, 0.1) is 17.4 Å². The first-order chi connectivity index (χ1) is 11.8. The lowest BCUT2D eigenvalue weighted by atomic mass is 9.99. The summed E-state index contributed by atoms with van der Waals surface area (Å²) in [6, 6.07) is 16.7. The number of aromatic amines is 1. The summed E-state index contributed by atoms with van der Waals surface area (Å²) in [5.74, 6) is 0.745. The van der Waals surface area contributed by atoms with Gasteiger partial charge < -0.3 is 9.88 Å². The van der Waals surface area contributed by atoms with E-state index in [-0.39, 0.29) is 5.91 Å². The molecule has 1 aliphatic heterocycles. The van der Waals surface area contributed by atoms with E-state index in [4.69, 9.17) is 0 Å². The highest BCUT2D eigenvalue weighted by molar-refractivity contribution is 5.78. The minimum Gasteiger partial charge on any atom is -0.345 e. The van der Waals surface area contributed by atoms with Crippen LogP contribution in [0.5, 0.6) is 0 Å². The minimum absolute atomic E-state index is 0.262. The largest absolute Gasteiger partial charge is 0.345 e. The molecule has 1 aromatic heterocycles. The molecule has 0 spiro atoms. The van der Waals surface area contributed by atoms with Gasteiger partial charge in [-0.1, -0.05) is 36.4 Å². The second-order valence-electron chi connectivity index (χ2n) is 6.49. The molecular weight excluding hydrogens is 298 g/mol. The monoisotopic (exact) mass is 319 g/mol. The molecule has 0 bridgehead atoms. The normalized spacial score (nSPS) is 17.5. The molecule has 4 rings (SSSR count). The van der Waals surface area contributed by atoms with Crippen molar-refractivity contribution in [1.82, 2.24) is 14.9 Å². The maximum atomic E-state index is 12.5. The van der Waals surface area contributed by atoms with Crippen molar-refractivity contribution in [3.05, 3.63) is 66.0 Å². The molecule has 4 heteroatoms. The van der Waals surface area contributed by atoms with Crippen LogP contribution in [-0.2, 0) is 11.2 Å². The summed E-state index contributed by atoms with van der Waals surface area (Å²) >= 11 is 0.